The summed E-state index contributed by atoms with van der Waals surface area (Å²) in [5.74, 6) is 0.898. The summed E-state index contributed by atoms with van der Waals surface area (Å²) in [5, 5.41) is 9.33. The molecule has 2 fully saturated rings. The fourth-order valence-corrected chi connectivity index (χ4v) is 5.17. The van der Waals surface area contributed by atoms with Crippen LogP contribution in [0.1, 0.15) is 57.7 Å². The summed E-state index contributed by atoms with van der Waals surface area (Å²) in [6, 6.07) is 0.842. The first-order valence-electron chi connectivity index (χ1n) is 13.4. The molecular weight excluding hydrogens is 454 g/mol. The van der Waals surface area contributed by atoms with Crippen LogP contribution in [0.2, 0.25) is 0 Å². The Bertz CT molecular complexity index is 872. The third-order valence-corrected chi connectivity index (χ3v) is 8.01. The Morgan fingerprint density at radius 3 is 2.43 bits per heavy atom. The minimum absolute atomic E-state index is 0.136. The van der Waals surface area contributed by atoms with Gasteiger partial charge in [-0.05, 0) is 49.3 Å². The van der Waals surface area contributed by atoms with Crippen molar-refractivity contribution in [3.63, 3.8) is 0 Å². The summed E-state index contributed by atoms with van der Waals surface area (Å²) in [6.07, 6.45) is 20.0. The van der Waals surface area contributed by atoms with Crippen LogP contribution >= 0.6 is 11.8 Å². The van der Waals surface area contributed by atoms with Gasteiger partial charge in [-0.2, -0.15) is 0 Å². The van der Waals surface area contributed by atoms with Gasteiger partial charge in [0, 0.05) is 57.9 Å². The summed E-state index contributed by atoms with van der Waals surface area (Å²) >= 11 is 1.83. The van der Waals surface area contributed by atoms with Crippen LogP contribution in [0.4, 0.5) is 5.95 Å². The van der Waals surface area contributed by atoms with Crippen molar-refractivity contribution in [2.75, 3.05) is 57.2 Å². The number of hydrogen-bond donors (Lipinski definition) is 1. The molecule has 0 spiro atoms. The SMILES string of the molecule is CC.CSC1=CC=C(C)C=CC1.OCN1CCc2cnc(N3CCN(C4CCC4)CC3)nc2CC1. The molecule has 35 heavy (non-hydrogen) atoms. The molecule has 6 nitrogen and oxygen atoms in total. The van der Waals surface area contributed by atoms with E-state index in [0.29, 0.717) is 0 Å². The maximum absolute atomic E-state index is 9.33. The quantitative estimate of drug-likeness (QED) is 0.646. The van der Waals surface area contributed by atoms with Gasteiger partial charge in [-0.3, -0.25) is 9.80 Å². The Morgan fingerprint density at radius 2 is 1.77 bits per heavy atom. The van der Waals surface area contributed by atoms with Gasteiger partial charge in [0.2, 0.25) is 5.95 Å². The second-order valence-electron chi connectivity index (χ2n) is 9.36. The highest BCUT2D eigenvalue weighted by Gasteiger charge is 2.28. The zero-order valence-electron chi connectivity index (χ0n) is 22.2. The van der Waals surface area contributed by atoms with Crippen LogP contribution in [0.25, 0.3) is 0 Å². The molecule has 0 aromatic carbocycles. The number of nitrogens with zero attached hydrogens (tertiary/aromatic N) is 5. The van der Waals surface area contributed by atoms with E-state index in [0.717, 1.165) is 70.5 Å². The van der Waals surface area contributed by atoms with Crippen molar-refractivity contribution in [1.82, 2.24) is 19.8 Å². The van der Waals surface area contributed by atoms with E-state index < -0.39 is 0 Å². The molecule has 1 N–H and O–H groups in total. The molecule has 4 aliphatic rings. The van der Waals surface area contributed by atoms with Crippen molar-refractivity contribution < 1.29 is 5.11 Å². The molecule has 2 aliphatic heterocycles. The van der Waals surface area contributed by atoms with Crippen molar-refractivity contribution in [2.24, 2.45) is 0 Å². The molecule has 0 unspecified atom stereocenters. The van der Waals surface area contributed by atoms with Gasteiger partial charge in [-0.1, -0.05) is 50.1 Å². The van der Waals surface area contributed by atoms with Crippen molar-refractivity contribution in [3.05, 3.63) is 52.2 Å². The normalized spacial score (nSPS) is 21.1. The maximum Gasteiger partial charge on any atom is 0.225 e. The van der Waals surface area contributed by atoms with Gasteiger partial charge in [0.05, 0.1) is 12.4 Å². The lowest BCUT2D eigenvalue weighted by Gasteiger charge is -2.43. The van der Waals surface area contributed by atoms with E-state index in [9.17, 15) is 5.11 Å². The van der Waals surface area contributed by atoms with Crippen molar-refractivity contribution in [1.29, 1.82) is 0 Å². The number of allylic oxidation sites excluding steroid dienone is 6. The fourth-order valence-electron chi connectivity index (χ4n) is 4.70. The number of aliphatic hydroxyl groups is 1. The number of aromatic nitrogens is 2. The maximum atomic E-state index is 9.33. The second-order valence-corrected chi connectivity index (χ2v) is 10.3. The Labute approximate surface area is 217 Å². The van der Waals surface area contributed by atoms with Crippen molar-refractivity contribution in [2.45, 2.75) is 65.3 Å². The lowest BCUT2D eigenvalue weighted by molar-refractivity contribution is 0.112. The average Bonchev–Trinajstić information content (AvgIpc) is 3.22. The first kappa shape index (κ1) is 27.9. The van der Waals surface area contributed by atoms with Crippen LogP contribution in [0.3, 0.4) is 0 Å². The molecule has 1 aromatic heterocycles. The standard InChI is InChI=1S/C17H27N5O.C9H12S.C2H6/c23-13-20-6-4-14-12-18-17(19-16(14)5-7-20)22-10-8-21(9-11-22)15-2-1-3-15;1-8-4-3-5-9(10-2)7-6-8;1-2/h12,15,23H,1-11,13H2;3-4,6-7H,5H2,1-2H3;1-2H3. The number of thioether (sulfide) groups is 1. The third-order valence-electron chi connectivity index (χ3n) is 7.19. The van der Waals surface area contributed by atoms with Gasteiger partial charge in [0.15, 0.2) is 0 Å². The summed E-state index contributed by atoms with van der Waals surface area (Å²) < 4.78 is 0. The third kappa shape index (κ3) is 8.17. The lowest BCUT2D eigenvalue weighted by atomic mass is 9.91. The predicted molar refractivity (Wildman–Crippen MR) is 150 cm³/mol. The van der Waals surface area contributed by atoms with Crippen LogP contribution in [0, 0.1) is 0 Å². The van der Waals surface area contributed by atoms with Crippen LogP contribution in [-0.2, 0) is 12.8 Å². The number of piperazine rings is 1. The molecule has 0 amide bonds. The van der Waals surface area contributed by atoms with Gasteiger partial charge >= 0.3 is 0 Å². The Kier molecular flexibility index (Phi) is 11.8. The van der Waals surface area contributed by atoms with E-state index in [1.165, 1.54) is 41.0 Å². The number of rotatable bonds is 4. The molecule has 0 atom stereocenters. The Morgan fingerprint density at radius 1 is 1.03 bits per heavy atom. The minimum atomic E-state index is 0.136. The largest absolute Gasteiger partial charge is 0.381 e. The monoisotopic (exact) mass is 499 g/mol. The first-order valence-corrected chi connectivity index (χ1v) is 14.6. The summed E-state index contributed by atoms with van der Waals surface area (Å²) in [6.45, 7) is 12.4. The van der Waals surface area contributed by atoms with Crippen LogP contribution in [0.15, 0.2) is 41.0 Å². The summed E-state index contributed by atoms with van der Waals surface area (Å²) in [5.41, 5.74) is 3.76. The molecular formula is C28H45N5OS. The van der Waals surface area contributed by atoms with Gasteiger partial charge in [0.25, 0.3) is 0 Å². The average molecular weight is 500 g/mol. The molecule has 2 aliphatic carbocycles. The smallest absolute Gasteiger partial charge is 0.225 e. The second kappa shape index (κ2) is 14.8. The van der Waals surface area contributed by atoms with E-state index >= 15 is 0 Å². The summed E-state index contributed by atoms with van der Waals surface area (Å²) in [4.78, 5) is 18.0. The number of anilines is 1. The minimum Gasteiger partial charge on any atom is -0.381 e. The van der Waals surface area contributed by atoms with E-state index in [-0.39, 0.29) is 6.73 Å². The Hall–Kier alpha value is -1.67. The lowest BCUT2D eigenvalue weighted by Crippen LogP contribution is -2.52. The van der Waals surface area contributed by atoms with Gasteiger partial charge in [-0.25, -0.2) is 9.97 Å². The van der Waals surface area contributed by atoms with Crippen molar-refractivity contribution >= 4 is 17.7 Å². The number of fused-ring (bicyclic) bond motifs is 1. The molecule has 1 aromatic rings. The van der Waals surface area contributed by atoms with Crippen LogP contribution in [0.5, 0.6) is 0 Å². The fraction of sp³-hybridized carbons (Fsp3) is 0.643. The van der Waals surface area contributed by atoms with E-state index in [2.05, 4.69) is 57.2 Å². The highest BCUT2D eigenvalue weighted by Crippen LogP contribution is 2.26. The molecule has 3 heterocycles. The van der Waals surface area contributed by atoms with E-state index in [4.69, 9.17) is 4.98 Å². The molecule has 0 bridgehead atoms. The molecule has 0 radical (unpaired) electrons. The molecule has 7 heteroatoms. The predicted octanol–water partition coefficient (Wildman–Crippen LogP) is 4.67. The summed E-state index contributed by atoms with van der Waals surface area (Å²) in [7, 11) is 0. The first-order chi connectivity index (χ1) is 17.2. The molecule has 194 valence electrons. The van der Waals surface area contributed by atoms with Crippen LogP contribution in [-0.4, -0.2) is 83.2 Å². The zero-order valence-corrected chi connectivity index (χ0v) is 23.1. The molecule has 5 rings (SSSR count). The number of aliphatic hydroxyl groups excluding tert-OH is 1. The van der Waals surface area contributed by atoms with Gasteiger partial charge < -0.3 is 10.0 Å². The zero-order chi connectivity index (χ0) is 25.0. The van der Waals surface area contributed by atoms with Gasteiger partial charge in [-0.15, -0.1) is 11.8 Å². The van der Waals surface area contributed by atoms with E-state index in [1.807, 2.05) is 31.8 Å². The topological polar surface area (TPSA) is 55.7 Å². The highest BCUT2D eigenvalue weighted by molar-refractivity contribution is 8.02. The Balaban J connectivity index is 0.000000240. The highest BCUT2D eigenvalue weighted by atomic mass is 32.2. The van der Waals surface area contributed by atoms with Crippen LogP contribution < -0.4 is 4.90 Å². The van der Waals surface area contributed by atoms with Crippen molar-refractivity contribution in [3.8, 4) is 0 Å². The van der Waals surface area contributed by atoms with E-state index in [1.54, 1.807) is 0 Å². The number of hydrogen-bond acceptors (Lipinski definition) is 7. The molecule has 1 saturated heterocycles. The van der Waals surface area contributed by atoms with Gasteiger partial charge in [0.1, 0.15) is 0 Å². The molecule has 1 saturated carbocycles.